The molecule has 6 heteroatoms. The average molecular weight is 512 g/mol. The summed E-state index contributed by atoms with van der Waals surface area (Å²) in [5.74, 6) is 0. The molecule has 4 rings (SSSR count). The van der Waals surface area contributed by atoms with Gasteiger partial charge in [-0.2, -0.15) is 18.4 Å². The van der Waals surface area contributed by atoms with Crippen molar-refractivity contribution >= 4 is 5.69 Å². The molecule has 2 aliphatic heterocycles. The average Bonchev–Trinajstić information content (AvgIpc) is 3.42. The highest BCUT2D eigenvalue weighted by molar-refractivity contribution is 5.55. The molecule has 3 nitrogen and oxygen atoms in total. The number of benzene rings is 2. The number of alkyl halides is 3. The second kappa shape index (κ2) is 11.9. The molecule has 0 radical (unpaired) electrons. The van der Waals surface area contributed by atoms with Crippen molar-refractivity contribution in [2.45, 2.75) is 83.9 Å². The number of likely N-dealkylation sites (tertiary alicyclic amines) is 1. The summed E-state index contributed by atoms with van der Waals surface area (Å²) >= 11 is 0. The number of aryl methyl sites for hydroxylation is 1. The van der Waals surface area contributed by atoms with E-state index in [2.05, 4.69) is 43.0 Å². The normalized spacial score (nSPS) is 19.1. The van der Waals surface area contributed by atoms with Crippen LogP contribution in [0.15, 0.2) is 42.5 Å². The zero-order valence-corrected chi connectivity index (χ0v) is 22.3. The van der Waals surface area contributed by atoms with Crippen molar-refractivity contribution in [1.29, 1.82) is 5.26 Å². The van der Waals surface area contributed by atoms with Crippen molar-refractivity contribution in [3.63, 3.8) is 0 Å². The zero-order chi connectivity index (χ0) is 26.5. The molecule has 0 N–H and O–H groups in total. The molecule has 0 aromatic heterocycles. The van der Waals surface area contributed by atoms with Crippen molar-refractivity contribution < 1.29 is 13.2 Å². The smallest absolute Gasteiger partial charge is 0.371 e. The summed E-state index contributed by atoms with van der Waals surface area (Å²) < 4.78 is 40.1. The Hall–Kier alpha value is -2.52. The van der Waals surface area contributed by atoms with E-state index in [4.69, 9.17) is 5.26 Å². The molecule has 2 aromatic rings. The van der Waals surface area contributed by atoms with Gasteiger partial charge in [0.2, 0.25) is 0 Å². The van der Waals surface area contributed by atoms with Crippen LogP contribution in [0.3, 0.4) is 0 Å². The molecule has 2 saturated heterocycles. The molecule has 0 saturated carbocycles. The topological polar surface area (TPSA) is 30.3 Å². The molecule has 200 valence electrons. The number of halogens is 3. The predicted molar refractivity (Wildman–Crippen MR) is 144 cm³/mol. The summed E-state index contributed by atoms with van der Waals surface area (Å²) in [7, 11) is 0. The largest absolute Gasteiger partial charge is 0.417 e. The molecule has 1 atom stereocenters. The van der Waals surface area contributed by atoms with Crippen molar-refractivity contribution in [3.8, 4) is 6.07 Å². The third kappa shape index (κ3) is 6.87. The second-order valence-corrected chi connectivity index (χ2v) is 11.3. The van der Waals surface area contributed by atoms with Gasteiger partial charge in [0, 0.05) is 24.8 Å². The van der Waals surface area contributed by atoms with Gasteiger partial charge in [-0.05, 0) is 99.2 Å². The maximum Gasteiger partial charge on any atom is 0.417 e. The van der Waals surface area contributed by atoms with Crippen molar-refractivity contribution in [3.05, 3.63) is 64.7 Å². The van der Waals surface area contributed by atoms with Crippen LogP contribution >= 0.6 is 0 Å². The SMILES string of the molecule is CCCC(c1ccc(CCCC2(C)CCN(c3ccc(C#N)c(C(F)(F)F)c3)CC2)cc1)N1CCCC1. The first-order chi connectivity index (χ1) is 17.7. The molecule has 2 fully saturated rings. The summed E-state index contributed by atoms with van der Waals surface area (Å²) in [6.07, 6.45) is 5.76. The summed E-state index contributed by atoms with van der Waals surface area (Å²) in [4.78, 5) is 4.68. The van der Waals surface area contributed by atoms with Gasteiger partial charge in [-0.1, -0.05) is 44.5 Å². The maximum absolute atomic E-state index is 13.4. The standard InChI is InChI=1S/C31H40F3N3/c1-3-7-29(37-18-4-5-19-37)25-11-9-24(10-12-25)8-6-15-30(2)16-20-36(21-17-30)27-14-13-26(23-35)28(22-27)31(32,33)34/h9-14,22,29H,3-8,15-21H2,1-2H3. The fourth-order valence-corrected chi connectivity index (χ4v) is 6.13. The highest BCUT2D eigenvalue weighted by Gasteiger charge is 2.35. The lowest BCUT2D eigenvalue weighted by atomic mass is 9.76. The first kappa shape index (κ1) is 27.5. The summed E-state index contributed by atoms with van der Waals surface area (Å²) in [6, 6.07) is 15.6. The van der Waals surface area contributed by atoms with E-state index in [1.807, 2.05) is 4.90 Å². The Bertz CT molecular complexity index is 1060. The van der Waals surface area contributed by atoms with Crippen LogP contribution in [-0.4, -0.2) is 31.1 Å². The van der Waals surface area contributed by atoms with Gasteiger partial charge >= 0.3 is 6.18 Å². The number of nitrogens with zero attached hydrogens (tertiary/aromatic N) is 3. The molecule has 0 aliphatic carbocycles. The van der Waals surface area contributed by atoms with E-state index in [-0.39, 0.29) is 11.0 Å². The third-order valence-electron chi connectivity index (χ3n) is 8.52. The van der Waals surface area contributed by atoms with Gasteiger partial charge in [0.15, 0.2) is 0 Å². The van der Waals surface area contributed by atoms with Crippen LogP contribution < -0.4 is 4.90 Å². The van der Waals surface area contributed by atoms with E-state index in [0.29, 0.717) is 11.7 Å². The maximum atomic E-state index is 13.4. The lowest BCUT2D eigenvalue weighted by Crippen LogP contribution is -2.38. The Morgan fingerprint density at radius 3 is 2.27 bits per heavy atom. The fourth-order valence-electron chi connectivity index (χ4n) is 6.13. The predicted octanol–water partition coefficient (Wildman–Crippen LogP) is 8.14. The molecule has 0 amide bonds. The Balaban J connectivity index is 1.28. The molecule has 37 heavy (non-hydrogen) atoms. The summed E-state index contributed by atoms with van der Waals surface area (Å²) in [5.41, 5.74) is 2.44. The number of piperidine rings is 1. The Labute approximate surface area is 220 Å². The van der Waals surface area contributed by atoms with Gasteiger partial charge in [0.1, 0.15) is 0 Å². The lowest BCUT2D eigenvalue weighted by Gasteiger charge is -2.41. The first-order valence-corrected chi connectivity index (χ1v) is 13.9. The second-order valence-electron chi connectivity index (χ2n) is 11.3. The molecular weight excluding hydrogens is 471 g/mol. The minimum absolute atomic E-state index is 0.206. The zero-order valence-electron chi connectivity index (χ0n) is 22.3. The van der Waals surface area contributed by atoms with E-state index in [0.717, 1.165) is 51.3 Å². The molecule has 1 unspecified atom stereocenters. The highest BCUT2D eigenvalue weighted by atomic mass is 19.4. The van der Waals surface area contributed by atoms with Crippen LogP contribution in [-0.2, 0) is 12.6 Å². The summed E-state index contributed by atoms with van der Waals surface area (Å²) in [6.45, 7) is 8.51. The van der Waals surface area contributed by atoms with Gasteiger partial charge in [0.05, 0.1) is 17.2 Å². The number of hydrogen-bond acceptors (Lipinski definition) is 3. The van der Waals surface area contributed by atoms with Crippen molar-refractivity contribution in [2.24, 2.45) is 5.41 Å². The molecule has 2 heterocycles. The Kier molecular flexibility index (Phi) is 8.85. The minimum Gasteiger partial charge on any atom is -0.371 e. The van der Waals surface area contributed by atoms with Crippen LogP contribution in [0.1, 0.15) is 93.5 Å². The lowest BCUT2D eigenvalue weighted by molar-refractivity contribution is -0.137. The van der Waals surface area contributed by atoms with Crippen LogP contribution in [0.5, 0.6) is 0 Å². The monoisotopic (exact) mass is 511 g/mol. The van der Waals surface area contributed by atoms with Crippen LogP contribution in [0.2, 0.25) is 0 Å². The quantitative estimate of drug-likeness (QED) is 0.340. The third-order valence-corrected chi connectivity index (χ3v) is 8.52. The first-order valence-electron chi connectivity index (χ1n) is 13.9. The summed E-state index contributed by atoms with van der Waals surface area (Å²) in [5, 5.41) is 9.06. The minimum atomic E-state index is -4.52. The van der Waals surface area contributed by atoms with E-state index in [1.165, 1.54) is 56.0 Å². The Morgan fingerprint density at radius 2 is 1.68 bits per heavy atom. The highest BCUT2D eigenvalue weighted by Crippen LogP contribution is 2.39. The molecule has 0 spiro atoms. The fraction of sp³-hybridized carbons (Fsp3) is 0.581. The van der Waals surface area contributed by atoms with Gasteiger partial charge in [-0.3, -0.25) is 4.90 Å². The number of nitriles is 1. The molecular formula is C31H40F3N3. The van der Waals surface area contributed by atoms with E-state index in [9.17, 15) is 13.2 Å². The van der Waals surface area contributed by atoms with Crippen molar-refractivity contribution in [2.75, 3.05) is 31.1 Å². The van der Waals surface area contributed by atoms with E-state index >= 15 is 0 Å². The molecule has 2 aromatic carbocycles. The number of rotatable bonds is 9. The Morgan fingerprint density at radius 1 is 1.00 bits per heavy atom. The van der Waals surface area contributed by atoms with E-state index in [1.54, 1.807) is 12.1 Å². The van der Waals surface area contributed by atoms with Gasteiger partial charge in [0.25, 0.3) is 0 Å². The van der Waals surface area contributed by atoms with Crippen molar-refractivity contribution in [1.82, 2.24) is 4.90 Å². The van der Waals surface area contributed by atoms with E-state index < -0.39 is 11.7 Å². The van der Waals surface area contributed by atoms with Crippen LogP contribution in [0.4, 0.5) is 18.9 Å². The molecule has 2 aliphatic rings. The van der Waals surface area contributed by atoms with Gasteiger partial charge in [-0.25, -0.2) is 0 Å². The van der Waals surface area contributed by atoms with Crippen LogP contribution in [0.25, 0.3) is 0 Å². The van der Waals surface area contributed by atoms with Gasteiger partial charge < -0.3 is 4.90 Å². The number of hydrogen-bond donors (Lipinski definition) is 0. The number of anilines is 1. The van der Waals surface area contributed by atoms with Gasteiger partial charge in [-0.15, -0.1) is 0 Å². The molecule has 0 bridgehead atoms. The van der Waals surface area contributed by atoms with Crippen LogP contribution in [0, 0.1) is 16.7 Å².